The summed E-state index contributed by atoms with van der Waals surface area (Å²) >= 11 is 0. The standard InChI is InChI=1S/C22H19FN4/c23-19-6-3-16(4-7-19)5-8-20-13-17(9-10-25-20)21-14-18(15-24)22(26-21)27-11-1-2-12-27/h3-10,13-14,26H,1-2,11-12H2/b8-5+. The molecule has 1 aliphatic heterocycles. The third-order valence-corrected chi connectivity index (χ3v) is 4.75. The molecule has 0 atom stereocenters. The Morgan fingerprint density at radius 3 is 2.59 bits per heavy atom. The fourth-order valence-corrected chi connectivity index (χ4v) is 3.34. The highest BCUT2D eigenvalue weighted by atomic mass is 19.1. The van der Waals surface area contributed by atoms with Crippen LogP contribution >= 0.6 is 0 Å². The van der Waals surface area contributed by atoms with Gasteiger partial charge in [-0.25, -0.2) is 4.39 Å². The number of rotatable bonds is 4. The highest BCUT2D eigenvalue weighted by Crippen LogP contribution is 2.29. The Labute approximate surface area is 157 Å². The maximum absolute atomic E-state index is 13.0. The first-order chi connectivity index (χ1) is 13.2. The SMILES string of the molecule is N#Cc1cc(-c2ccnc(/C=C/c3ccc(F)cc3)c2)[nH]c1N1CCCC1. The van der Waals surface area contributed by atoms with E-state index in [1.807, 2.05) is 30.4 Å². The summed E-state index contributed by atoms with van der Waals surface area (Å²) in [4.78, 5) is 10.0. The number of anilines is 1. The van der Waals surface area contributed by atoms with Crippen molar-refractivity contribution >= 4 is 18.0 Å². The van der Waals surface area contributed by atoms with E-state index in [1.54, 1.807) is 18.3 Å². The Morgan fingerprint density at radius 1 is 1.07 bits per heavy atom. The van der Waals surface area contributed by atoms with Crippen molar-refractivity contribution in [2.24, 2.45) is 0 Å². The summed E-state index contributed by atoms with van der Waals surface area (Å²) in [5.41, 5.74) is 4.27. The van der Waals surface area contributed by atoms with Crippen LogP contribution in [0, 0.1) is 17.1 Å². The molecular formula is C22H19FN4. The number of hydrogen-bond donors (Lipinski definition) is 1. The van der Waals surface area contributed by atoms with Crippen molar-refractivity contribution in [2.75, 3.05) is 18.0 Å². The van der Waals surface area contributed by atoms with Gasteiger partial charge in [-0.1, -0.05) is 18.2 Å². The molecule has 0 spiro atoms. The first-order valence-corrected chi connectivity index (χ1v) is 9.01. The molecule has 0 bridgehead atoms. The Kier molecular flexibility index (Phi) is 4.71. The van der Waals surface area contributed by atoms with Crippen molar-refractivity contribution in [3.05, 3.63) is 71.3 Å². The predicted molar refractivity (Wildman–Crippen MR) is 106 cm³/mol. The number of nitriles is 1. The minimum absolute atomic E-state index is 0.249. The fraction of sp³-hybridized carbons (Fsp3) is 0.182. The summed E-state index contributed by atoms with van der Waals surface area (Å²) in [6.45, 7) is 1.97. The number of nitrogens with zero attached hydrogens (tertiary/aromatic N) is 3. The van der Waals surface area contributed by atoms with Crippen molar-refractivity contribution in [3.63, 3.8) is 0 Å². The molecule has 0 unspecified atom stereocenters. The van der Waals surface area contributed by atoms with Gasteiger partial charge in [-0.05, 0) is 54.8 Å². The lowest BCUT2D eigenvalue weighted by atomic mass is 10.1. The molecule has 2 aromatic heterocycles. The Morgan fingerprint density at radius 2 is 1.85 bits per heavy atom. The third kappa shape index (κ3) is 3.75. The van der Waals surface area contributed by atoms with Gasteiger partial charge in [-0.3, -0.25) is 4.98 Å². The predicted octanol–water partition coefficient (Wildman–Crippen LogP) is 4.86. The molecule has 1 N–H and O–H groups in total. The molecule has 27 heavy (non-hydrogen) atoms. The summed E-state index contributed by atoms with van der Waals surface area (Å²) < 4.78 is 13.0. The van der Waals surface area contributed by atoms with Crippen LogP contribution in [0.25, 0.3) is 23.4 Å². The Bertz CT molecular complexity index is 1010. The van der Waals surface area contributed by atoms with Crippen LogP contribution < -0.4 is 4.90 Å². The van der Waals surface area contributed by atoms with Crippen LogP contribution in [0.5, 0.6) is 0 Å². The van der Waals surface area contributed by atoms with E-state index in [4.69, 9.17) is 0 Å². The highest BCUT2D eigenvalue weighted by molar-refractivity contribution is 5.73. The largest absolute Gasteiger partial charge is 0.357 e. The van der Waals surface area contributed by atoms with Crippen LogP contribution in [0.4, 0.5) is 10.2 Å². The zero-order valence-electron chi connectivity index (χ0n) is 14.8. The van der Waals surface area contributed by atoms with Gasteiger partial charge in [0.2, 0.25) is 0 Å². The molecule has 1 saturated heterocycles. The van der Waals surface area contributed by atoms with Gasteiger partial charge in [-0.2, -0.15) is 5.26 Å². The van der Waals surface area contributed by atoms with Crippen LogP contribution in [-0.4, -0.2) is 23.1 Å². The first-order valence-electron chi connectivity index (χ1n) is 9.01. The third-order valence-electron chi connectivity index (χ3n) is 4.75. The smallest absolute Gasteiger partial charge is 0.124 e. The summed E-state index contributed by atoms with van der Waals surface area (Å²) in [6, 6.07) is 14.4. The molecule has 0 radical (unpaired) electrons. The van der Waals surface area contributed by atoms with E-state index in [9.17, 15) is 9.65 Å². The number of pyridine rings is 1. The molecule has 1 fully saturated rings. The minimum atomic E-state index is -0.249. The second-order valence-electron chi connectivity index (χ2n) is 6.61. The van der Waals surface area contributed by atoms with E-state index in [-0.39, 0.29) is 5.82 Å². The normalized spacial score (nSPS) is 14.0. The van der Waals surface area contributed by atoms with Gasteiger partial charge in [-0.15, -0.1) is 0 Å². The number of halogens is 1. The molecule has 3 heterocycles. The van der Waals surface area contributed by atoms with E-state index < -0.39 is 0 Å². The number of nitrogens with one attached hydrogen (secondary N) is 1. The van der Waals surface area contributed by atoms with Crippen LogP contribution in [0.2, 0.25) is 0 Å². The minimum Gasteiger partial charge on any atom is -0.357 e. The number of H-pyrrole nitrogens is 1. The maximum atomic E-state index is 13.0. The summed E-state index contributed by atoms with van der Waals surface area (Å²) in [6.07, 6.45) is 7.87. The number of benzene rings is 1. The molecule has 1 aliphatic rings. The van der Waals surface area contributed by atoms with E-state index in [0.29, 0.717) is 5.56 Å². The molecule has 0 saturated carbocycles. The number of aromatic amines is 1. The molecule has 134 valence electrons. The first kappa shape index (κ1) is 17.0. The van der Waals surface area contributed by atoms with Crippen molar-refractivity contribution in [1.29, 1.82) is 5.26 Å². The average molecular weight is 358 g/mol. The zero-order chi connectivity index (χ0) is 18.6. The molecular weight excluding hydrogens is 339 g/mol. The van der Waals surface area contributed by atoms with Gasteiger partial charge in [0.25, 0.3) is 0 Å². The van der Waals surface area contributed by atoms with Gasteiger partial charge in [0.05, 0.1) is 11.3 Å². The van der Waals surface area contributed by atoms with Crippen molar-refractivity contribution in [3.8, 4) is 17.3 Å². The lowest BCUT2D eigenvalue weighted by Crippen LogP contribution is -2.18. The fourth-order valence-electron chi connectivity index (χ4n) is 3.34. The maximum Gasteiger partial charge on any atom is 0.124 e. The molecule has 0 aliphatic carbocycles. The lowest BCUT2D eigenvalue weighted by molar-refractivity contribution is 0.628. The second kappa shape index (κ2) is 7.46. The lowest BCUT2D eigenvalue weighted by Gasteiger charge is -2.15. The molecule has 4 nitrogen and oxygen atoms in total. The van der Waals surface area contributed by atoms with Crippen molar-refractivity contribution in [2.45, 2.75) is 12.8 Å². The van der Waals surface area contributed by atoms with E-state index in [2.05, 4.69) is 20.9 Å². The van der Waals surface area contributed by atoms with Crippen LogP contribution in [-0.2, 0) is 0 Å². The van der Waals surface area contributed by atoms with Gasteiger partial charge in [0, 0.05) is 30.5 Å². The van der Waals surface area contributed by atoms with Gasteiger partial charge >= 0.3 is 0 Å². The van der Waals surface area contributed by atoms with E-state index >= 15 is 0 Å². The van der Waals surface area contributed by atoms with Crippen LogP contribution in [0.3, 0.4) is 0 Å². The monoisotopic (exact) mass is 358 g/mol. The van der Waals surface area contributed by atoms with Crippen molar-refractivity contribution in [1.82, 2.24) is 9.97 Å². The molecule has 3 aromatic rings. The van der Waals surface area contributed by atoms with E-state index in [0.717, 1.165) is 54.3 Å². The quantitative estimate of drug-likeness (QED) is 0.725. The number of hydrogen-bond acceptors (Lipinski definition) is 3. The highest BCUT2D eigenvalue weighted by Gasteiger charge is 2.19. The summed E-state index contributed by atoms with van der Waals surface area (Å²) in [5, 5.41) is 9.48. The molecule has 5 heteroatoms. The molecule has 0 amide bonds. The summed E-state index contributed by atoms with van der Waals surface area (Å²) in [7, 11) is 0. The van der Waals surface area contributed by atoms with Gasteiger partial charge in [0.15, 0.2) is 0 Å². The van der Waals surface area contributed by atoms with Crippen LogP contribution in [0.15, 0.2) is 48.7 Å². The van der Waals surface area contributed by atoms with Crippen LogP contribution in [0.1, 0.15) is 29.7 Å². The van der Waals surface area contributed by atoms with Gasteiger partial charge < -0.3 is 9.88 Å². The van der Waals surface area contributed by atoms with Crippen molar-refractivity contribution < 1.29 is 4.39 Å². The Balaban J connectivity index is 1.61. The molecule has 1 aromatic carbocycles. The van der Waals surface area contributed by atoms with E-state index in [1.165, 1.54) is 12.1 Å². The summed E-state index contributed by atoms with van der Waals surface area (Å²) in [5.74, 6) is 0.659. The zero-order valence-corrected chi connectivity index (χ0v) is 14.8. The average Bonchev–Trinajstić information content (AvgIpc) is 3.37. The number of aromatic nitrogens is 2. The van der Waals surface area contributed by atoms with Gasteiger partial charge in [0.1, 0.15) is 17.7 Å². The second-order valence-corrected chi connectivity index (χ2v) is 6.61. The Hall–Kier alpha value is -3.39. The topological polar surface area (TPSA) is 55.7 Å². The molecule has 4 rings (SSSR count).